The van der Waals surface area contributed by atoms with Gasteiger partial charge in [-0.2, -0.15) is 0 Å². The number of nitro benzene ring substituents is 1. The summed E-state index contributed by atoms with van der Waals surface area (Å²) in [5, 5.41) is 14.2. The van der Waals surface area contributed by atoms with Crippen molar-refractivity contribution in [2.45, 2.75) is 0 Å². The van der Waals surface area contributed by atoms with Crippen molar-refractivity contribution in [1.82, 2.24) is 10.2 Å². The monoisotopic (exact) mass is 402 g/mol. The zero-order chi connectivity index (χ0) is 20.1. The Bertz CT molecular complexity index is 897. The van der Waals surface area contributed by atoms with E-state index in [1.165, 1.54) is 18.2 Å². The van der Waals surface area contributed by atoms with Gasteiger partial charge in [0.15, 0.2) is 0 Å². The van der Waals surface area contributed by atoms with E-state index in [1.807, 2.05) is 24.3 Å². The van der Waals surface area contributed by atoms with Crippen LogP contribution in [0, 0.1) is 10.1 Å². The normalized spacial score (nSPS) is 13.9. The van der Waals surface area contributed by atoms with Gasteiger partial charge in [0.25, 0.3) is 11.6 Å². The van der Waals surface area contributed by atoms with E-state index >= 15 is 0 Å². The minimum absolute atomic E-state index is 0.0638. The van der Waals surface area contributed by atoms with Gasteiger partial charge in [0.2, 0.25) is 5.91 Å². The Morgan fingerprint density at radius 2 is 1.79 bits per heavy atom. The highest BCUT2D eigenvalue weighted by atomic mass is 35.5. The molecule has 0 saturated carbocycles. The predicted octanol–water partition coefficient (Wildman–Crippen LogP) is 2.33. The van der Waals surface area contributed by atoms with E-state index in [1.54, 1.807) is 11.0 Å². The third-order valence-corrected chi connectivity index (χ3v) is 4.79. The number of carbonyl (C=O) groups excluding carboxylic acids is 2. The van der Waals surface area contributed by atoms with E-state index in [0.29, 0.717) is 31.2 Å². The second kappa shape index (κ2) is 8.71. The number of halogens is 1. The molecule has 1 fully saturated rings. The molecule has 0 spiro atoms. The molecule has 0 bridgehead atoms. The van der Waals surface area contributed by atoms with Crippen LogP contribution in [0.3, 0.4) is 0 Å². The number of amides is 2. The average molecular weight is 403 g/mol. The van der Waals surface area contributed by atoms with Gasteiger partial charge in [0.1, 0.15) is 5.56 Å². The number of rotatable bonds is 5. The number of nitrogens with zero attached hydrogens (tertiary/aromatic N) is 3. The largest absolute Gasteiger partial charge is 0.368 e. The standard InChI is InChI=1S/C19H19ClN4O4/c20-14-4-3-5-15(12-14)22-8-10-23(11-9-22)18(25)13-21-19(26)16-6-1-2-7-17(16)24(27)28/h1-7,12H,8-11,13H2,(H,21,26). The molecule has 1 heterocycles. The number of carbonyl (C=O) groups is 2. The van der Waals surface area contributed by atoms with Crippen molar-refractivity contribution in [3.05, 3.63) is 69.2 Å². The first kappa shape index (κ1) is 19.6. The first-order chi connectivity index (χ1) is 13.5. The zero-order valence-corrected chi connectivity index (χ0v) is 15.8. The number of benzene rings is 2. The third kappa shape index (κ3) is 4.58. The fourth-order valence-corrected chi connectivity index (χ4v) is 3.26. The van der Waals surface area contributed by atoms with Gasteiger partial charge >= 0.3 is 0 Å². The number of anilines is 1. The van der Waals surface area contributed by atoms with Crippen LogP contribution in [0.1, 0.15) is 10.4 Å². The Balaban J connectivity index is 1.52. The highest BCUT2D eigenvalue weighted by Gasteiger charge is 2.23. The summed E-state index contributed by atoms with van der Waals surface area (Å²) in [6.07, 6.45) is 0. The first-order valence-corrected chi connectivity index (χ1v) is 9.13. The topological polar surface area (TPSA) is 95.8 Å². The lowest BCUT2D eigenvalue weighted by Gasteiger charge is -2.36. The minimum Gasteiger partial charge on any atom is -0.368 e. The molecule has 0 aliphatic carbocycles. The van der Waals surface area contributed by atoms with Crippen LogP contribution in [0.5, 0.6) is 0 Å². The van der Waals surface area contributed by atoms with E-state index in [9.17, 15) is 19.7 Å². The van der Waals surface area contributed by atoms with Gasteiger partial charge in [-0.1, -0.05) is 29.8 Å². The summed E-state index contributed by atoms with van der Waals surface area (Å²) < 4.78 is 0. The van der Waals surface area contributed by atoms with Gasteiger partial charge in [0, 0.05) is 43.0 Å². The lowest BCUT2D eigenvalue weighted by Crippen LogP contribution is -2.51. The van der Waals surface area contributed by atoms with Crippen molar-refractivity contribution in [1.29, 1.82) is 0 Å². The van der Waals surface area contributed by atoms with Gasteiger partial charge in [-0.05, 0) is 24.3 Å². The molecule has 146 valence electrons. The van der Waals surface area contributed by atoms with Gasteiger partial charge in [-0.3, -0.25) is 19.7 Å². The van der Waals surface area contributed by atoms with Gasteiger partial charge in [0.05, 0.1) is 11.5 Å². The smallest absolute Gasteiger partial charge is 0.282 e. The van der Waals surface area contributed by atoms with Crippen LogP contribution in [-0.2, 0) is 4.79 Å². The molecule has 0 unspecified atom stereocenters. The van der Waals surface area contributed by atoms with Crippen molar-refractivity contribution in [3.63, 3.8) is 0 Å². The van der Waals surface area contributed by atoms with Crippen LogP contribution in [0.4, 0.5) is 11.4 Å². The van der Waals surface area contributed by atoms with Crippen molar-refractivity contribution in [3.8, 4) is 0 Å². The van der Waals surface area contributed by atoms with Crippen molar-refractivity contribution in [2.24, 2.45) is 0 Å². The number of hydrogen-bond donors (Lipinski definition) is 1. The summed E-state index contributed by atoms with van der Waals surface area (Å²) in [6.45, 7) is 2.15. The first-order valence-electron chi connectivity index (χ1n) is 8.75. The second-order valence-corrected chi connectivity index (χ2v) is 6.74. The van der Waals surface area contributed by atoms with Crippen LogP contribution in [0.25, 0.3) is 0 Å². The molecule has 9 heteroatoms. The Hall–Kier alpha value is -3.13. The summed E-state index contributed by atoms with van der Waals surface area (Å²) in [5.74, 6) is -0.865. The van der Waals surface area contributed by atoms with Crippen molar-refractivity contribution < 1.29 is 14.5 Å². The van der Waals surface area contributed by atoms with Gasteiger partial charge in [-0.15, -0.1) is 0 Å². The van der Waals surface area contributed by atoms with Crippen LogP contribution in [-0.4, -0.2) is 54.4 Å². The molecule has 1 N–H and O–H groups in total. The summed E-state index contributed by atoms with van der Waals surface area (Å²) in [4.78, 5) is 38.8. The molecule has 2 aromatic rings. The molecule has 1 saturated heterocycles. The second-order valence-electron chi connectivity index (χ2n) is 6.30. The fraction of sp³-hybridized carbons (Fsp3) is 0.263. The van der Waals surface area contributed by atoms with E-state index in [0.717, 1.165) is 5.69 Å². The van der Waals surface area contributed by atoms with Crippen molar-refractivity contribution in [2.75, 3.05) is 37.6 Å². The number of hydrogen-bond acceptors (Lipinski definition) is 5. The minimum atomic E-state index is -0.641. The van der Waals surface area contributed by atoms with Gasteiger partial charge < -0.3 is 15.1 Å². The molecule has 8 nitrogen and oxygen atoms in total. The molecule has 0 radical (unpaired) electrons. The summed E-state index contributed by atoms with van der Waals surface area (Å²) >= 11 is 6.02. The molecule has 28 heavy (non-hydrogen) atoms. The number of piperazine rings is 1. The maximum absolute atomic E-state index is 12.4. The molecule has 2 aromatic carbocycles. The lowest BCUT2D eigenvalue weighted by molar-refractivity contribution is -0.385. The van der Waals surface area contributed by atoms with E-state index in [4.69, 9.17) is 11.6 Å². The summed E-state index contributed by atoms with van der Waals surface area (Å²) in [5.41, 5.74) is 0.651. The highest BCUT2D eigenvalue weighted by Crippen LogP contribution is 2.21. The van der Waals surface area contributed by atoms with Crippen molar-refractivity contribution >= 4 is 34.8 Å². The Morgan fingerprint density at radius 3 is 2.46 bits per heavy atom. The molecule has 3 rings (SSSR count). The predicted molar refractivity (Wildman–Crippen MR) is 106 cm³/mol. The number of para-hydroxylation sites is 1. The van der Waals surface area contributed by atoms with Gasteiger partial charge in [-0.25, -0.2) is 0 Å². The Kier molecular flexibility index (Phi) is 6.10. The maximum atomic E-state index is 12.4. The van der Waals surface area contributed by atoms with E-state index < -0.39 is 10.8 Å². The molecular weight excluding hydrogens is 384 g/mol. The molecule has 0 aromatic heterocycles. The molecule has 1 aliphatic rings. The van der Waals surface area contributed by atoms with E-state index in [2.05, 4.69) is 10.2 Å². The molecular formula is C19H19ClN4O4. The average Bonchev–Trinajstić information content (AvgIpc) is 2.71. The maximum Gasteiger partial charge on any atom is 0.282 e. The van der Waals surface area contributed by atoms with Crippen LogP contribution >= 0.6 is 11.6 Å². The number of nitro groups is 1. The molecule has 1 aliphatic heterocycles. The molecule has 0 atom stereocenters. The Morgan fingerprint density at radius 1 is 1.07 bits per heavy atom. The zero-order valence-electron chi connectivity index (χ0n) is 15.0. The van der Waals surface area contributed by atoms with Crippen LogP contribution in [0.2, 0.25) is 5.02 Å². The quantitative estimate of drug-likeness (QED) is 0.611. The highest BCUT2D eigenvalue weighted by molar-refractivity contribution is 6.30. The molecule has 2 amide bonds. The van der Waals surface area contributed by atoms with E-state index in [-0.39, 0.29) is 23.7 Å². The number of nitrogens with one attached hydrogen (secondary N) is 1. The third-order valence-electron chi connectivity index (χ3n) is 4.55. The Labute approximate surface area is 166 Å². The fourth-order valence-electron chi connectivity index (χ4n) is 3.07. The van der Waals surface area contributed by atoms with Crippen LogP contribution in [0.15, 0.2) is 48.5 Å². The summed E-state index contributed by atoms with van der Waals surface area (Å²) in [7, 11) is 0. The lowest BCUT2D eigenvalue weighted by atomic mass is 10.1. The summed E-state index contributed by atoms with van der Waals surface area (Å²) in [6, 6.07) is 13.2. The SMILES string of the molecule is O=C(NCC(=O)N1CCN(c2cccc(Cl)c2)CC1)c1ccccc1[N+](=O)[O-]. The van der Waals surface area contributed by atoms with Crippen LogP contribution < -0.4 is 10.2 Å².